The summed E-state index contributed by atoms with van der Waals surface area (Å²) in [6.07, 6.45) is 3.79. The van der Waals surface area contributed by atoms with Crippen molar-refractivity contribution >= 4 is 12.2 Å². The summed E-state index contributed by atoms with van der Waals surface area (Å²) in [4.78, 5) is 20.7. The number of anilines is 1. The Morgan fingerprint density at radius 1 is 1.18 bits per heavy atom. The molecule has 0 aliphatic carbocycles. The van der Waals surface area contributed by atoms with E-state index in [1.807, 2.05) is 30.1 Å². The first kappa shape index (κ1) is 11.3. The molecule has 1 heterocycles. The lowest BCUT2D eigenvalue weighted by molar-refractivity contribution is 0.112. The van der Waals surface area contributed by atoms with Gasteiger partial charge in [-0.05, 0) is 5.56 Å². The summed E-state index contributed by atoms with van der Waals surface area (Å²) in [5.41, 5.74) is 1.68. The first-order valence-corrected chi connectivity index (χ1v) is 5.32. The summed E-state index contributed by atoms with van der Waals surface area (Å²) in [5.74, 6) is 0.611. The van der Waals surface area contributed by atoms with E-state index in [4.69, 9.17) is 0 Å². The standard InChI is InChI=1S/C13H13N3O/c1-16(9-11-5-3-2-4-6-11)13-14-7-12(10-17)8-15-13/h2-8,10H,9H2,1H3. The number of carbonyl (C=O) groups is 1. The molecule has 1 aromatic heterocycles. The van der Waals surface area contributed by atoms with Crippen LogP contribution in [-0.4, -0.2) is 23.3 Å². The largest absolute Gasteiger partial charge is 0.340 e. The molecule has 0 saturated carbocycles. The number of aromatic nitrogens is 2. The normalized spacial score (nSPS) is 9.94. The van der Waals surface area contributed by atoms with E-state index in [-0.39, 0.29) is 0 Å². The van der Waals surface area contributed by atoms with Gasteiger partial charge in [-0.25, -0.2) is 9.97 Å². The Morgan fingerprint density at radius 2 is 1.82 bits per heavy atom. The molecule has 0 unspecified atom stereocenters. The quantitative estimate of drug-likeness (QED) is 0.749. The van der Waals surface area contributed by atoms with Crippen molar-refractivity contribution < 1.29 is 4.79 Å². The maximum Gasteiger partial charge on any atom is 0.225 e. The molecule has 0 amide bonds. The molecule has 2 aromatic rings. The molecule has 17 heavy (non-hydrogen) atoms. The molecule has 0 atom stereocenters. The number of carbonyl (C=O) groups excluding carboxylic acids is 1. The zero-order chi connectivity index (χ0) is 12.1. The lowest BCUT2D eigenvalue weighted by Crippen LogP contribution is -2.19. The van der Waals surface area contributed by atoms with Gasteiger partial charge in [0.1, 0.15) is 0 Å². The molecule has 0 spiro atoms. The fourth-order valence-corrected chi connectivity index (χ4v) is 1.52. The summed E-state index contributed by atoms with van der Waals surface area (Å²) in [6, 6.07) is 10.1. The Morgan fingerprint density at radius 3 is 2.41 bits per heavy atom. The molecule has 4 heteroatoms. The molecular weight excluding hydrogens is 214 g/mol. The Balaban J connectivity index is 2.09. The number of benzene rings is 1. The Labute approximate surface area is 99.9 Å². The van der Waals surface area contributed by atoms with E-state index < -0.39 is 0 Å². The van der Waals surface area contributed by atoms with Gasteiger partial charge in [0.15, 0.2) is 6.29 Å². The lowest BCUT2D eigenvalue weighted by atomic mass is 10.2. The van der Waals surface area contributed by atoms with Gasteiger partial charge in [-0.15, -0.1) is 0 Å². The van der Waals surface area contributed by atoms with Gasteiger partial charge < -0.3 is 4.90 Å². The summed E-state index contributed by atoms with van der Waals surface area (Å²) in [5, 5.41) is 0. The van der Waals surface area contributed by atoms with Gasteiger partial charge in [-0.3, -0.25) is 4.79 Å². The van der Waals surface area contributed by atoms with Gasteiger partial charge in [0, 0.05) is 26.0 Å². The highest BCUT2D eigenvalue weighted by Crippen LogP contribution is 2.09. The zero-order valence-electron chi connectivity index (χ0n) is 9.58. The second kappa shape index (κ2) is 5.21. The molecule has 2 rings (SSSR count). The van der Waals surface area contributed by atoms with Gasteiger partial charge in [-0.1, -0.05) is 30.3 Å². The first-order valence-electron chi connectivity index (χ1n) is 5.32. The predicted octanol–water partition coefficient (Wildman–Crippen LogP) is 1.93. The SMILES string of the molecule is CN(Cc1ccccc1)c1ncc(C=O)cn1. The molecule has 0 aliphatic rings. The van der Waals surface area contributed by atoms with Crippen LogP contribution in [-0.2, 0) is 6.54 Å². The van der Waals surface area contributed by atoms with Crippen LogP contribution in [0, 0.1) is 0 Å². The van der Waals surface area contributed by atoms with E-state index >= 15 is 0 Å². The smallest absolute Gasteiger partial charge is 0.225 e. The third kappa shape index (κ3) is 2.87. The number of rotatable bonds is 4. The highest BCUT2D eigenvalue weighted by molar-refractivity contribution is 5.73. The van der Waals surface area contributed by atoms with Gasteiger partial charge in [0.2, 0.25) is 5.95 Å². The monoisotopic (exact) mass is 227 g/mol. The van der Waals surface area contributed by atoms with Crippen molar-refractivity contribution in [3.63, 3.8) is 0 Å². The van der Waals surface area contributed by atoms with Crippen molar-refractivity contribution in [3.8, 4) is 0 Å². The van der Waals surface area contributed by atoms with Crippen LogP contribution >= 0.6 is 0 Å². The molecule has 0 saturated heterocycles. The maximum absolute atomic E-state index is 10.5. The van der Waals surface area contributed by atoms with Gasteiger partial charge in [-0.2, -0.15) is 0 Å². The van der Waals surface area contributed by atoms with Crippen LogP contribution in [0.3, 0.4) is 0 Å². The van der Waals surface area contributed by atoms with Crippen LogP contribution in [0.5, 0.6) is 0 Å². The van der Waals surface area contributed by atoms with Crippen LogP contribution in [0.1, 0.15) is 15.9 Å². The van der Waals surface area contributed by atoms with E-state index in [0.717, 1.165) is 12.8 Å². The van der Waals surface area contributed by atoms with E-state index in [9.17, 15) is 4.79 Å². The highest BCUT2D eigenvalue weighted by Gasteiger charge is 2.04. The van der Waals surface area contributed by atoms with Gasteiger partial charge in [0.25, 0.3) is 0 Å². The van der Waals surface area contributed by atoms with Crippen LogP contribution in [0.15, 0.2) is 42.7 Å². The van der Waals surface area contributed by atoms with Crippen LogP contribution in [0.25, 0.3) is 0 Å². The average Bonchev–Trinajstić information content (AvgIpc) is 2.40. The summed E-state index contributed by atoms with van der Waals surface area (Å²) in [7, 11) is 1.92. The first-order chi connectivity index (χ1) is 8.29. The number of nitrogens with zero attached hydrogens (tertiary/aromatic N) is 3. The van der Waals surface area contributed by atoms with E-state index in [1.54, 1.807) is 0 Å². The number of hydrogen-bond donors (Lipinski definition) is 0. The van der Waals surface area contributed by atoms with Crippen LogP contribution in [0.4, 0.5) is 5.95 Å². The summed E-state index contributed by atoms with van der Waals surface area (Å²) in [6.45, 7) is 0.737. The zero-order valence-corrected chi connectivity index (χ0v) is 9.58. The Hall–Kier alpha value is -2.23. The molecule has 0 radical (unpaired) electrons. The van der Waals surface area contributed by atoms with E-state index in [0.29, 0.717) is 11.5 Å². The topological polar surface area (TPSA) is 46.1 Å². The third-order valence-electron chi connectivity index (χ3n) is 2.40. The minimum absolute atomic E-state index is 0.488. The fourth-order valence-electron chi connectivity index (χ4n) is 1.52. The highest BCUT2D eigenvalue weighted by atomic mass is 16.1. The summed E-state index contributed by atoms with van der Waals surface area (Å²) < 4.78 is 0. The molecule has 1 aromatic carbocycles. The second-order valence-electron chi connectivity index (χ2n) is 3.78. The Bertz CT molecular complexity index is 482. The minimum atomic E-state index is 0.488. The van der Waals surface area contributed by atoms with Gasteiger partial charge >= 0.3 is 0 Å². The van der Waals surface area contributed by atoms with Crippen molar-refractivity contribution in [2.45, 2.75) is 6.54 Å². The second-order valence-corrected chi connectivity index (χ2v) is 3.78. The number of aldehydes is 1. The molecule has 4 nitrogen and oxygen atoms in total. The maximum atomic E-state index is 10.5. The third-order valence-corrected chi connectivity index (χ3v) is 2.40. The van der Waals surface area contributed by atoms with Crippen molar-refractivity contribution in [1.82, 2.24) is 9.97 Å². The lowest BCUT2D eigenvalue weighted by Gasteiger charge is -2.16. The molecule has 86 valence electrons. The molecule has 0 N–H and O–H groups in total. The van der Waals surface area contributed by atoms with Crippen molar-refractivity contribution in [1.29, 1.82) is 0 Å². The molecule has 0 aliphatic heterocycles. The molecular formula is C13H13N3O. The van der Waals surface area contributed by atoms with Crippen molar-refractivity contribution in [2.75, 3.05) is 11.9 Å². The van der Waals surface area contributed by atoms with Gasteiger partial charge in [0.05, 0.1) is 5.56 Å². The van der Waals surface area contributed by atoms with E-state index in [1.165, 1.54) is 18.0 Å². The van der Waals surface area contributed by atoms with Crippen LogP contribution in [0.2, 0.25) is 0 Å². The predicted molar refractivity (Wildman–Crippen MR) is 66.0 cm³/mol. The Kier molecular flexibility index (Phi) is 3.45. The fraction of sp³-hybridized carbons (Fsp3) is 0.154. The minimum Gasteiger partial charge on any atom is -0.340 e. The molecule has 0 fully saturated rings. The summed E-state index contributed by atoms with van der Waals surface area (Å²) >= 11 is 0. The van der Waals surface area contributed by atoms with Crippen molar-refractivity contribution in [2.24, 2.45) is 0 Å². The van der Waals surface area contributed by atoms with E-state index in [2.05, 4.69) is 22.1 Å². The molecule has 0 bridgehead atoms. The van der Waals surface area contributed by atoms with Crippen LogP contribution < -0.4 is 4.90 Å². The average molecular weight is 227 g/mol. The van der Waals surface area contributed by atoms with Crippen molar-refractivity contribution in [3.05, 3.63) is 53.9 Å². The number of hydrogen-bond acceptors (Lipinski definition) is 4.